The minimum absolute atomic E-state index is 0.214. The minimum Gasteiger partial charge on any atom is -0.494 e. The standard InChI is InChI=1S/C12H10F3N3O2S/c1-2-20-8-5-3-4-7(6-8)9-17-18-11(21-9)16-10(19)12(13,14)15/h3-6H,2H2,1H3,(H,16,18,19). The Labute approximate surface area is 121 Å². The monoisotopic (exact) mass is 317 g/mol. The van der Waals surface area contributed by atoms with Crippen molar-refractivity contribution in [2.45, 2.75) is 13.1 Å². The predicted molar refractivity (Wildman–Crippen MR) is 71.2 cm³/mol. The van der Waals surface area contributed by atoms with Gasteiger partial charge in [0.25, 0.3) is 0 Å². The molecule has 1 aromatic heterocycles. The van der Waals surface area contributed by atoms with Gasteiger partial charge in [0.15, 0.2) is 0 Å². The molecule has 0 aliphatic heterocycles. The van der Waals surface area contributed by atoms with Gasteiger partial charge in [0, 0.05) is 5.56 Å². The molecule has 0 bridgehead atoms. The Morgan fingerprint density at radius 1 is 1.38 bits per heavy atom. The Kier molecular flexibility index (Phi) is 4.41. The molecule has 112 valence electrons. The topological polar surface area (TPSA) is 64.1 Å². The summed E-state index contributed by atoms with van der Waals surface area (Å²) in [4.78, 5) is 10.8. The highest BCUT2D eigenvalue weighted by atomic mass is 32.1. The second-order valence-electron chi connectivity index (χ2n) is 3.83. The molecule has 21 heavy (non-hydrogen) atoms. The van der Waals surface area contributed by atoms with Crippen LogP contribution in [0, 0.1) is 0 Å². The third-order valence-electron chi connectivity index (χ3n) is 2.29. The first-order valence-corrected chi connectivity index (χ1v) is 6.66. The van der Waals surface area contributed by atoms with E-state index in [1.165, 1.54) is 0 Å². The Bertz CT molecular complexity index is 643. The van der Waals surface area contributed by atoms with Crippen LogP contribution in [0.25, 0.3) is 10.6 Å². The minimum atomic E-state index is -4.96. The Morgan fingerprint density at radius 3 is 2.81 bits per heavy atom. The number of alkyl halides is 3. The molecule has 0 aliphatic carbocycles. The molecule has 0 aliphatic rings. The van der Waals surface area contributed by atoms with E-state index in [9.17, 15) is 18.0 Å². The summed E-state index contributed by atoms with van der Waals surface area (Å²) < 4.78 is 41.7. The molecule has 1 heterocycles. The number of benzene rings is 1. The van der Waals surface area contributed by atoms with E-state index in [1.807, 2.05) is 6.92 Å². The number of nitrogens with one attached hydrogen (secondary N) is 1. The number of hydrogen-bond donors (Lipinski definition) is 1. The van der Waals surface area contributed by atoms with Crippen molar-refractivity contribution < 1.29 is 22.7 Å². The average Bonchev–Trinajstić information content (AvgIpc) is 2.87. The van der Waals surface area contributed by atoms with Gasteiger partial charge in [-0.15, -0.1) is 10.2 Å². The van der Waals surface area contributed by atoms with Gasteiger partial charge in [0.05, 0.1) is 6.61 Å². The fraction of sp³-hybridized carbons (Fsp3) is 0.250. The van der Waals surface area contributed by atoms with Crippen LogP contribution in [0.5, 0.6) is 5.75 Å². The molecule has 1 amide bonds. The quantitative estimate of drug-likeness (QED) is 0.941. The number of carbonyl (C=O) groups is 1. The highest BCUT2D eigenvalue weighted by molar-refractivity contribution is 7.18. The summed E-state index contributed by atoms with van der Waals surface area (Å²) in [5.74, 6) is -1.46. The zero-order valence-electron chi connectivity index (χ0n) is 10.8. The summed E-state index contributed by atoms with van der Waals surface area (Å²) in [6.45, 7) is 2.33. The van der Waals surface area contributed by atoms with Crippen molar-refractivity contribution in [1.29, 1.82) is 0 Å². The molecule has 5 nitrogen and oxygen atoms in total. The molecule has 0 unspecified atom stereocenters. The van der Waals surface area contributed by atoms with Crippen LogP contribution in [-0.2, 0) is 4.79 Å². The predicted octanol–water partition coefficient (Wildman–Crippen LogP) is 3.10. The Morgan fingerprint density at radius 2 is 2.14 bits per heavy atom. The molecule has 2 aromatic rings. The number of nitrogens with zero attached hydrogens (tertiary/aromatic N) is 2. The third kappa shape index (κ3) is 3.91. The van der Waals surface area contributed by atoms with Crippen molar-refractivity contribution in [3.63, 3.8) is 0 Å². The third-order valence-corrected chi connectivity index (χ3v) is 3.18. The highest BCUT2D eigenvalue weighted by Crippen LogP contribution is 2.29. The van der Waals surface area contributed by atoms with Gasteiger partial charge in [-0.1, -0.05) is 23.5 Å². The molecular weight excluding hydrogens is 307 g/mol. The molecule has 0 fully saturated rings. The van der Waals surface area contributed by atoms with Gasteiger partial charge in [0.1, 0.15) is 10.8 Å². The Balaban J connectivity index is 2.16. The van der Waals surface area contributed by atoms with E-state index >= 15 is 0 Å². The summed E-state index contributed by atoms with van der Waals surface area (Å²) in [6, 6.07) is 6.90. The number of ether oxygens (including phenoxy) is 1. The van der Waals surface area contributed by atoms with E-state index in [4.69, 9.17) is 4.74 Å². The lowest BCUT2D eigenvalue weighted by molar-refractivity contribution is -0.167. The summed E-state index contributed by atoms with van der Waals surface area (Å²) in [7, 11) is 0. The largest absolute Gasteiger partial charge is 0.494 e. The maximum absolute atomic E-state index is 12.1. The highest BCUT2D eigenvalue weighted by Gasteiger charge is 2.39. The SMILES string of the molecule is CCOc1cccc(-c2nnc(NC(=O)C(F)(F)F)s2)c1. The van der Waals surface area contributed by atoms with Crippen LogP contribution < -0.4 is 10.1 Å². The van der Waals surface area contributed by atoms with Crippen LogP contribution in [0.15, 0.2) is 24.3 Å². The number of aromatic nitrogens is 2. The molecule has 0 radical (unpaired) electrons. The lowest BCUT2D eigenvalue weighted by atomic mass is 10.2. The fourth-order valence-corrected chi connectivity index (χ4v) is 2.18. The molecule has 2 rings (SSSR count). The fourth-order valence-electron chi connectivity index (χ4n) is 1.44. The zero-order valence-corrected chi connectivity index (χ0v) is 11.6. The van der Waals surface area contributed by atoms with Crippen LogP contribution in [0.2, 0.25) is 0 Å². The number of anilines is 1. The summed E-state index contributed by atoms with van der Waals surface area (Å²) in [5, 5.41) is 9.10. The number of rotatable bonds is 4. The van der Waals surface area contributed by atoms with E-state index in [2.05, 4.69) is 10.2 Å². The number of hydrogen-bond acceptors (Lipinski definition) is 5. The summed E-state index contributed by atoms with van der Waals surface area (Å²) in [6.07, 6.45) is -4.96. The van der Waals surface area contributed by atoms with Gasteiger partial charge in [0.2, 0.25) is 5.13 Å². The smallest absolute Gasteiger partial charge is 0.471 e. The summed E-state index contributed by atoms with van der Waals surface area (Å²) >= 11 is 0.847. The van der Waals surface area contributed by atoms with Crippen molar-refractivity contribution in [2.75, 3.05) is 11.9 Å². The van der Waals surface area contributed by atoms with Gasteiger partial charge < -0.3 is 4.74 Å². The maximum Gasteiger partial charge on any atom is 0.471 e. The van der Waals surface area contributed by atoms with E-state index in [-0.39, 0.29) is 5.13 Å². The lowest BCUT2D eigenvalue weighted by Crippen LogP contribution is -2.29. The first kappa shape index (κ1) is 15.2. The van der Waals surface area contributed by atoms with Gasteiger partial charge in [-0.25, -0.2) is 0 Å². The van der Waals surface area contributed by atoms with Crippen LogP contribution in [0.4, 0.5) is 18.3 Å². The van der Waals surface area contributed by atoms with Crippen LogP contribution in [-0.4, -0.2) is 28.9 Å². The first-order chi connectivity index (χ1) is 9.90. The zero-order chi connectivity index (χ0) is 15.5. The van der Waals surface area contributed by atoms with E-state index in [0.29, 0.717) is 22.9 Å². The van der Waals surface area contributed by atoms with Gasteiger partial charge in [-0.3, -0.25) is 10.1 Å². The van der Waals surface area contributed by atoms with Crippen molar-refractivity contribution in [1.82, 2.24) is 10.2 Å². The van der Waals surface area contributed by atoms with Gasteiger partial charge >= 0.3 is 12.1 Å². The Hall–Kier alpha value is -2.16. The van der Waals surface area contributed by atoms with Crippen LogP contribution in [0.3, 0.4) is 0 Å². The van der Waals surface area contributed by atoms with Crippen LogP contribution >= 0.6 is 11.3 Å². The molecular formula is C12H10F3N3O2S. The second kappa shape index (κ2) is 6.08. The van der Waals surface area contributed by atoms with Gasteiger partial charge in [-0.2, -0.15) is 13.2 Å². The van der Waals surface area contributed by atoms with Gasteiger partial charge in [-0.05, 0) is 19.1 Å². The van der Waals surface area contributed by atoms with Crippen molar-refractivity contribution in [2.24, 2.45) is 0 Å². The van der Waals surface area contributed by atoms with Crippen LogP contribution in [0.1, 0.15) is 6.92 Å². The molecule has 0 spiro atoms. The number of amides is 1. The first-order valence-electron chi connectivity index (χ1n) is 5.85. The van der Waals surface area contributed by atoms with Crippen molar-refractivity contribution in [3.05, 3.63) is 24.3 Å². The van der Waals surface area contributed by atoms with E-state index in [0.717, 1.165) is 11.3 Å². The summed E-state index contributed by atoms with van der Waals surface area (Å²) in [5.41, 5.74) is 0.644. The maximum atomic E-state index is 12.1. The van der Waals surface area contributed by atoms with Crippen molar-refractivity contribution >= 4 is 22.4 Å². The van der Waals surface area contributed by atoms with Crippen molar-refractivity contribution in [3.8, 4) is 16.3 Å². The normalized spacial score (nSPS) is 11.2. The average molecular weight is 317 g/mol. The molecule has 1 N–H and O–H groups in total. The lowest BCUT2D eigenvalue weighted by Gasteiger charge is -2.04. The molecule has 9 heteroatoms. The van der Waals surface area contributed by atoms with E-state index < -0.39 is 12.1 Å². The molecule has 1 aromatic carbocycles. The molecule has 0 atom stereocenters. The second-order valence-corrected chi connectivity index (χ2v) is 4.80. The number of halogens is 3. The molecule has 0 saturated carbocycles. The molecule has 0 saturated heterocycles. The van der Waals surface area contributed by atoms with E-state index in [1.54, 1.807) is 29.6 Å². The number of carbonyl (C=O) groups excluding carboxylic acids is 1.